The molecule has 11 heavy (non-hydrogen) atoms. The van der Waals surface area contributed by atoms with E-state index in [0.29, 0.717) is 19.8 Å². The second-order valence-corrected chi connectivity index (χ2v) is 3.00. The van der Waals surface area contributed by atoms with Gasteiger partial charge in [-0.25, -0.2) is 0 Å². The van der Waals surface area contributed by atoms with Gasteiger partial charge in [0.05, 0.1) is 19.3 Å². The molecular weight excluding hydrogens is 146 g/mol. The molecule has 64 valence electrons. The molecule has 0 aromatic heterocycles. The normalized spacial score (nSPS) is 43.9. The summed E-state index contributed by atoms with van der Waals surface area (Å²) in [7, 11) is 0. The molecular formula is C7H13NO3. The van der Waals surface area contributed by atoms with Gasteiger partial charge in [0.15, 0.2) is 5.79 Å². The minimum atomic E-state index is -0.440. The molecule has 2 atom stereocenters. The third-order valence-corrected chi connectivity index (χ3v) is 2.13. The van der Waals surface area contributed by atoms with E-state index >= 15 is 0 Å². The summed E-state index contributed by atoms with van der Waals surface area (Å²) in [6.07, 6.45) is 0.903. The third-order valence-electron chi connectivity index (χ3n) is 2.13. The molecule has 2 saturated heterocycles. The van der Waals surface area contributed by atoms with Gasteiger partial charge in [-0.05, 0) is 0 Å². The van der Waals surface area contributed by atoms with Gasteiger partial charge in [0.25, 0.3) is 0 Å². The molecule has 1 spiro atoms. The van der Waals surface area contributed by atoms with Crippen LogP contribution in [-0.4, -0.2) is 38.3 Å². The molecule has 0 saturated carbocycles. The predicted molar refractivity (Wildman–Crippen MR) is 38.0 cm³/mol. The van der Waals surface area contributed by atoms with Crippen molar-refractivity contribution in [3.05, 3.63) is 0 Å². The Morgan fingerprint density at radius 1 is 1.55 bits per heavy atom. The largest absolute Gasteiger partial charge is 0.376 e. The lowest BCUT2D eigenvalue weighted by Crippen LogP contribution is -2.32. The van der Waals surface area contributed by atoms with Crippen molar-refractivity contribution >= 4 is 0 Å². The van der Waals surface area contributed by atoms with Crippen LogP contribution in [0.1, 0.15) is 6.42 Å². The highest BCUT2D eigenvalue weighted by Gasteiger charge is 2.44. The molecule has 2 rings (SSSR count). The Labute approximate surface area is 65.6 Å². The molecule has 2 aliphatic rings. The Bertz CT molecular complexity index is 145. The van der Waals surface area contributed by atoms with Crippen molar-refractivity contribution in [2.24, 2.45) is 5.73 Å². The molecule has 2 fully saturated rings. The van der Waals surface area contributed by atoms with Crippen LogP contribution in [0.25, 0.3) is 0 Å². The first-order chi connectivity index (χ1) is 5.35. The van der Waals surface area contributed by atoms with Gasteiger partial charge < -0.3 is 19.9 Å². The lowest BCUT2D eigenvalue weighted by atomic mass is 10.2. The van der Waals surface area contributed by atoms with Crippen molar-refractivity contribution in [1.82, 2.24) is 0 Å². The highest BCUT2D eigenvalue weighted by Crippen LogP contribution is 2.31. The van der Waals surface area contributed by atoms with E-state index in [1.165, 1.54) is 0 Å². The number of nitrogens with two attached hydrogens (primary N) is 1. The van der Waals surface area contributed by atoms with Crippen molar-refractivity contribution in [1.29, 1.82) is 0 Å². The summed E-state index contributed by atoms with van der Waals surface area (Å²) < 4.78 is 16.2. The SMILES string of the molecule is NCC1COC2(CCOC2)O1. The van der Waals surface area contributed by atoms with E-state index in [-0.39, 0.29) is 6.10 Å². The molecule has 4 heteroatoms. The van der Waals surface area contributed by atoms with E-state index in [0.717, 1.165) is 13.0 Å². The average Bonchev–Trinajstić information content (AvgIpc) is 2.62. The van der Waals surface area contributed by atoms with Gasteiger partial charge in [0.1, 0.15) is 6.61 Å². The van der Waals surface area contributed by atoms with E-state index in [1.807, 2.05) is 0 Å². The first-order valence-electron chi connectivity index (χ1n) is 3.94. The highest BCUT2D eigenvalue weighted by atomic mass is 16.8. The van der Waals surface area contributed by atoms with Gasteiger partial charge in [-0.2, -0.15) is 0 Å². The quantitative estimate of drug-likeness (QED) is 0.559. The van der Waals surface area contributed by atoms with Crippen LogP contribution < -0.4 is 5.73 Å². The van der Waals surface area contributed by atoms with Crippen LogP contribution in [0.15, 0.2) is 0 Å². The Kier molecular flexibility index (Phi) is 1.85. The van der Waals surface area contributed by atoms with Crippen LogP contribution in [0.3, 0.4) is 0 Å². The highest BCUT2D eigenvalue weighted by molar-refractivity contribution is 4.82. The fraction of sp³-hybridized carbons (Fsp3) is 1.00. The summed E-state index contributed by atoms with van der Waals surface area (Å²) in [6, 6.07) is 0. The topological polar surface area (TPSA) is 53.7 Å². The summed E-state index contributed by atoms with van der Waals surface area (Å²) in [5.74, 6) is -0.440. The number of hydrogen-bond acceptors (Lipinski definition) is 4. The van der Waals surface area contributed by atoms with Crippen LogP contribution in [0.5, 0.6) is 0 Å². The molecule has 0 bridgehead atoms. The number of ether oxygens (including phenoxy) is 3. The minimum Gasteiger partial charge on any atom is -0.376 e. The molecule has 2 heterocycles. The molecule has 0 aromatic rings. The van der Waals surface area contributed by atoms with Gasteiger partial charge >= 0.3 is 0 Å². The van der Waals surface area contributed by atoms with E-state index in [1.54, 1.807) is 0 Å². The van der Waals surface area contributed by atoms with Crippen LogP contribution in [0, 0.1) is 0 Å². The molecule has 0 aliphatic carbocycles. The van der Waals surface area contributed by atoms with Gasteiger partial charge in [-0.3, -0.25) is 0 Å². The fourth-order valence-electron chi connectivity index (χ4n) is 1.47. The molecule has 2 N–H and O–H groups in total. The lowest BCUT2D eigenvalue weighted by molar-refractivity contribution is -0.163. The molecule has 4 nitrogen and oxygen atoms in total. The van der Waals surface area contributed by atoms with E-state index < -0.39 is 5.79 Å². The van der Waals surface area contributed by atoms with Crippen molar-refractivity contribution in [3.63, 3.8) is 0 Å². The zero-order valence-corrected chi connectivity index (χ0v) is 6.41. The first-order valence-corrected chi connectivity index (χ1v) is 3.94. The molecule has 2 aliphatic heterocycles. The number of hydrogen-bond donors (Lipinski definition) is 1. The molecule has 2 unspecified atom stereocenters. The van der Waals surface area contributed by atoms with E-state index in [9.17, 15) is 0 Å². The summed E-state index contributed by atoms with van der Waals surface area (Å²) >= 11 is 0. The maximum atomic E-state index is 5.59. The average molecular weight is 159 g/mol. The molecule has 0 aromatic carbocycles. The Balaban J connectivity index is 1.96. The fourth-order valence-corrected chi connectivity index (χ4v) is 1.47. The summed E-state index contributed by atoms with van der Waals surface area (Å²) in [5, 5.41) is 0. The van der Waals surface area contributed by atoms with Crippen LogP contribution in [0.4, 0.5) is 0 Å². The monoisotopic (exact) mass is 159 g/mol. The standard InChI is InChI=1S/C7H13NO3/c8-3-6-4-10-7(11-6)1-2-9-5-7/h6H,1-5,8H2. The summed E-state index contributed by atoms with van der Waals surface area (Å²) in [4.78, 5) is 0. The first kappa shape index (κ1) is 7.49. The summed E-state index contributed by atoms with van der Waals surface area (Å²) in [6.45, 7) is 2.43. The van der Waals surface area contributed by atoms with E-state index in [4.69, 9.17) is 19.9 Å². The minimum absolute atomic E-state index is 0.0664. The molecule has 0 radical (unpaired) electrons. The smallest absolute Gasteiger partial charge is 0.194 e. The maximum Gasteiger partial charge on any atom is 0.194 e. The van der Waals surface area contributed by atoms with Gasteiger partial charge in [-0.15, -0.1) is 0 Å². The molecule has 0 amide bonds. The zero-order valence-electron chi connectivity index (χ0n) is 6.41. The Hall–Kier alpha value is -0.160. The lowest BCUT2D eigenvalue weighted by Gasteiger charge is -2.19. The van der Waals surface area contributed by atoms with Gasteiger partial charge in [0.2, 0.25) is 0 Å². The Morgan fingerprint density at radius 3 is 3.00 bits per heavy atom. The maximum absolute atomic E-state index is 5.59. The van der Waals surface area contributed by atoms with Crippen molar-refractivity contribution < 1.29 is 14.2 Å². The van der Waals surface area contributed by atoms with Crippen LogP contribution >= 0.6 is 0 Å². The van der Waals surface area contributed by atoms with Gasteiger partial charge in [0, 0.05) is 13.0 Å². The van der Waals surface area contributed by atoms with E-state index in [2.05, 4.69) is 0 Å². The van der Waals surface area contributed by atoms with Crippen molar-refractivity contribution in [2.45, 2.75) is 18.3 Å². The zero-order chi connectivity index (χ0) is 7.73. The van der Waals surface area contributed by atoms with Crippen molar-refractivity contribution in [2.75, 3.05) is 26.4 Å². The summed E-state index contributed by atoms with van der Waals surface area (Å²) in [5.41, 5.74) is 5.44. The van der Waals surface area contributed by atoms with Gasteiger partial charge in [-0.1, -0.05) is 0 Å². The van der Waals surface area contributed by atoms with Crippen LogP contribution in [0.2, 0.25) is 0 Å². The van der Waals surface area contributed by atoms with Crippen LogP contribution in [-0.2, 0) is 14.2 Å². The number of rotatable bonds is 1. The third kappa shape index (κ3) is 1.27. The van der Waals surface area contributed by atoms with Crippen molar-refractivity contribution in [3.8, 4) is 0 Å². The Morgan fingerprint density at radius 2 is 2.45 bits per heavy atom. The second kappa shape index (κ2) is 2.71. The second-order valence-electron chi connectivity index (χ2n) is 3.00. The predicted octanol–water partition coefficient (Wildman–Crippen LogP) is -0.523.